The molecule has 1 rings (SSSR count). The number of carbonyl (C=O) groups excluding carboxylic acids is 1. The molecular weight excluding hydrogens is 212 g/mol. The van der Waals surface area contributed by atoms with E-state index in [2.05, 4.69) is 12.2 Å². The molecule has 0 heterocycles. The highest BCUT2D eigenvalue weighted by Gasteiger charge is 2.09. The van der Waals surface area contributed by atoms with Gasteiger partial charge in [-0.2, -0.15) is 0 Å². The first-order chi connectivity index (χ1) is 8.26. The van der Waals surface area contributed by atoms with Crippen molar-refractivity contribution in [2.45, 2.75) is 38.6 Å². The Morgan fingerprint density at radius 1 is 1.35 bits per heavy atom. The van der Waals surface area contributed by atoms with Gasteiger partial charge < -0.3 is 11.1 Å². The van der Waals surface area contributed by atoms with Gasteiger partial charge in [0, 0.05) is 12.5 Å². The van der Waals surface area contributed by atoms with E-state index in [-0.39, 0.29) is 11.9 Å². The number of amides is 1. The molecular formula is C14H22N2O. The lowest BCUT2D eigenvalue weighted by atomic mass is 10.1. The van der Waals surface area contributed by atoms with E-state index in [1.165, 1.54) is 5.56 Å². The molecule has 0 aliphatic rings. The standard InChI is InChI=1S/C14H22N2O/c1-2-13(10-11-15)16-14(17)9-8-12-6-4-3-5-7-12/h3-7,13H,2,8-11,15H2,1H3,(H,16,17). The van der Waals surface area contributed by atoms with Gasteiger partial charge in [0.1, 0.15) is 0 Å². The summed E-state index contributed by atoms with van der Waals surface area (Å²) >= 11 is 0. The number of rotatable bonds is 7. The topological polar surface area (TPSA) is 55.1 Å². The fourth-order valence-electron chi connectivity index (χ4n) is 1.78. The normalized spacial score (nSPS) is 12.1. The van der Waals surface area contributed by atoms with Crippen LogP contribution in [0.15, 0.2) is 30.3 Å². The van der Waals surface area contributed by atoms with Crippen molar-refractivity contribution < 1.29 is 4.79 Å². The smallest absolute Gasteiger partial charge is 0.220 e. The van der Waals surface area contributed by atoms with Crippen molar-refractivity contribution in [3.8, 4) is 0 Å². The molecule has 0 saturated heterocycles. The predicted octanol–water partition coefficient (Wildman–Crippen LogP) is 1.86. The third-order valence-electron chi connectivity index (χ3n) is 2.86. The summed E-state index contributed by atoms with van der Waals surface area (Å²) in [6.45, 7) is 2.69. The molecule has 1 atom stereocenters. The van der Waals surface area contributed by atoms with E-state index in [0.717, 1.165) is 19.3 Å². The van der Waals surface area contributed by atoms with Gasteiger partial charge in [0.05, 0.1) is 0 Å². The molecule has 3 nitrogen and oxygen atoms in total. The van der Waals surface area contributed by atoms with Crippen LogP contribution in [-0.4, -0.2) is 18.5 Å². The van der Waals surface area contributed by atoms with Crippen molar-refractivity contribution in [1.29, 1.82) is 0 Å². The minimum atomic E-state index is 0.120. The third-order valence-corrected chi connectivity index (χ3v) is 2.86. The van der Waals surface area contributed by atoms with Gasteiger partial charge in [-0.05, 0) is 31.4 Å². The molecule has 17 heavy (non-hydrogen) atoms. The second kappa shape index (κ2) is 7.85. The van der Waals surface area contributed by atoms with E-state index in [0.29, 0.717) is 13.0 Å². The lowest BCUT2D eigenvalue weighted by Crippen LogP contribution is -2.35. The van der Waals surface area contributed by atoms with Crippen LogP contribution in [0, 0.1) is 0 Å². The Kier molecular flexibility index (Phi) is 6.33. The highest BCUT2D eigenvalue weighted by Crippen LogP contribution is 2.03. The van der Waals surface area contributed by atoms with Crippen molar-refractivity contribution >= 4 is 5.91 Å². The summed E-state index contributed by atoms with van der Waals surface area (Å²) in [5, 5.41) is 3.02. The monoisotopic (exact) mass is 234 g/mol. The Morgan fingerprint density at radius 2 is 2.06 bits per heavy atom. The Labute approximate surface area is 103 Å². The van der Waals surface area contributed by atoms with E-state index < -0.39 is 0 Å². The first kappa shape index (κ1) is 13.7. The maximum atomic E-state index is 11.7. The highest BCUT2D eigenvalue weighted by molar-refractivity contribution is 5.76. The molecule has 0 aliphatic carbocycles. The van der Waals surface area contributed by atoms with Crippen LogP contribution < -0.4 is 11.1 Å². The summed E-state index contributed by atoms with van der Waals surface area (Å²) < 4.78 is 0. The van der Waals surface area contributed by atoms with Gasteiger partial charge in [-0.25, -0.2) is 0 Å². The van der Waals surface area contributed by atoms with Crippen molar-refractivity contribution in [3.05, 3.63) is 35.9 Å². The SMILES string of the molecule is CCC(CCN)NC(=O)CCc1ccccc1. The number of benzene rings is 1. The zero-order chi connectivity index (χ0) is 12.5. The van der Waals surface area contributed by atoms with Crippen LogP contribution in [0.25, 0.3) is 0 Å². The van der Waals surface area contributed by atoms with Gasteiger partial charge in [0.2, 0.25) is 5.91 Å². The van der Waals surface area contributed by atoms with Crippen LogP contribution in [0.2, 0.25) is 0 Å². The maximum Gasteiger partial charge on any atom is 0.220 e. The van der Waals surface area contributed by atoms with Gasteiger partial charge in [0.15, 0.2) is 0 Å². The van der Waals surface area contributed by atoms with Gasteiger partial charge >= 0.3 is 0 Å². The molecule has 94 valence electrons. The number of hydrogen-bond acceptors (Lipinski definition) is 2. The second-order valence-electron chi connectivity index (χ2n) is 4.24. The number of nitrogens with two attached hydrogens (primary N) is 1. The average molecular weight is 234 g/mol. The maximum absolute atomic E-state index is 11.7. The fourth-order valence-corrected chi connectivity index (χ4v) is 1.78. The summed E-state index contributed by atoms with van der Waals surface area (Å²) in [6, 6.07) is 10.3. The molecule has 1 aromatic rings. The molecule has 0 fully saturated rings. The van der Waals surface area contributed by atoms with E-state index in [1.807, 2.05) is 30.3 Å². The fraction of sp³-hybridized carbons (Fsp3) is 0.500. The van der Waals surface area contributed by atoms with Crippen molar-refractivity contribution in [2.75, 3.05) is 6.54 Å². The minimum absolute atomic E-state index is 0.120. The minimum Gasteiger partial charge on any atom is -0.353 e. The lowest BCUT2D eigenvalue weighted by Gasteiger charge is -2.15. The number of carbonyl (C=O) groups is 1. The molecule has 3 N–H and O–H groups in total. The van der Waals surface area contributed by atoms with Crippen LogP contribution in [-0.2, 0) is 11.2 Å². The van der Waals surface area contributed by atoms with Crippen molar-refractivity contribution in [3.63, 3.8) is 0 Å². The summed E-state index contributed by atoms with van der Waals surface area (Å²) in [5.41, 5.74) is 6.70. The molecule has 0 spiro atoms. The number of hydrogen-bond donors (Lipinski definition) is 2. The average Bonchev–Trinajstić information content (AvgIpc) is 2.37. The second-order valence-corrected chi connectivity index (χ2v) is 4.24. The van der Waals surface area contributed by atoms with E-state index >= 15 is 0 Å². The molecule has 0 radical (unpaired) electrons. The largest absolute Gasteiger partial charge is 0.353 e. The van der Waals surface area contributed by atoms with Crippen LogP contribution in [0.1, 0.15) is 31.7 Å². The summed E-state index contributed by atoms with van der Waals surface area (Å²) in [7, 11) is 0. The summed E-state index contributed by atoms with van der Waals surface area (Å²) in [6.07, 6.45) is 3.14. The molecule has 1 amide bonds. The zero-order valence-electron chi connectivity index (χ0n) is 10.5. The van der Waals surface area contributed by atoms with Gasteiger partial charge in [0.25, 0.3) is 0 Å². The van der Waals surface area contributed by atoms with Crippen molar-refractivity contribution in [1.82, 2.24) is 5.32 Å². The zero-order valence-corrected chi connectivity index (χ0v) is 10.5. The highest BCUT2D eigenvalue weighted by atomic mass is 16.1. The van der Waals surface area contributed by atoms with Crippen LogP contribution in [0.5, 0.6) is 0 Å². The Hall–Kier alpha value is -1.35. The van der Waals surface area contributed by atoms with Crippen LogP contribution >= 0.6 is 0 Å². The van der Waals surface area contributed by atoms with Crippen molar-refractivity contribution in [2.24, 2.45) is 5.73 Å². The van der Waals surface area contributed by atoms with E-state index in [9.17, 15) is 4.79 Å². The van der Waals surface area contributed by atoms with Gasteiger partial charge in [-0.1, -0.05) is 37.3 Å². The Bertz CT molecular complexity index is 324. The van der Waals surface area contributed by atoms with Gasteiger partial charge in [-0.15, -0.1) is 0 Å². The molecule has 0 saturated carbocycles. The van der Waals surface area contributed by atoms with E-state index in [4.69, 9.17) is 5.73 Å². The number of nitrogens with one attached hydrogen (secondary N) is 1. The van der Waals surface area contributed by atoms with Crippen LogP contribution in [0.3, 0.4) is 0 Å². The summed E-state index contributed by atoms with van der Waals surface area (Å²) in [4.78, 5) is 11.7. The summed E-state index contributed by atoms with van der Waals surface area (Å²) in [5.74, 6) is 0.120. The quantitative estimate of drug-likeness (QED) is 0.756. The number of aryl methyl sites for hydroxylation is 1. The third kappa shape index (κ3) is 5.50. The molecule has 1 aromatic carbocycles. The molecule has 0 aromatic heterocycles. The van der Waals surface area contributed by atoms with Crippen LogP contribution in [0.4, 0.5) is 0 Å². The lowest BCUT2D eigenvalue weighted by molar-refractivity contribution is -0.121. The first-order valence-electron chi connectivity index (χ1n) is 6.29. The first-order valence-corrected chi connectivity index (χ1v) is 6.29. The molecule has 3 heteroatoms. The van der Waals surface area contributed by atoms with E-state index in [1.54, 1.807) is 0 Å². The molecule has 0 bridgehead atoms. The Balaban J connectivity index is 2.30. The van der Waals surface area contributed by atoms with Gasteiger partial charge in [-0.3, -0.25) is 4.79 Å². The molecule has 0 aliphatic heterocycles. The Morgan fingerprint density at radius 3 is 2.65 bits per heavy atom. The molecule has 1 unspecified atom stereocenters. The predicted molar refractivity (Wildman–Crippen MR) is 70.7 cm³/mol.